The van der Waals surface area contributed by atoms with Crippen molar-refractivity contribution in [2.45, 2.75) is 26.8 Å². The Morgan fingerprint density at radius 1 is 0.838 bits per heavy atom. The number of hydrogen-bond donors (Lipinski definition) is 0. The summed E-state index contributed by atoms with van der Waals surface area (Å²) in [6.07, 6.45) is 0. The Balaban J connectivity index is 1.74. The predicted octanol–water partition coefficient (Wildman–Crippen LogP) is 6.50. The molecule has 3 aromatic carbocycles. The molecule has 0 saturated carbocycles. The zero-order valence-electron chi connectivity index (χ0n) is 20.7. The lowest BCUT2D eigenvalue weighted by molar-refractivity contribution is 0.0971. The average molecular weight is 564 g/mol. The van der Waals surface area contributed by atoms with Crippen molar-refractivity contribution in [3.63, 3.8) is 0 Å². The minimum Gasteiger partial charge on any atom is -0.494 e. The number of benzene rings is 3. The quantitative estimate of drug-likeness (QED) is 0.243. The van der Waals surface area contributed by atoms with Gasteiger partial charge in [-0.15, -0.1) is 0 Å². The van der Waals surface area contributed by atoms with Crippen LogP contribution in [0.1, 0.15) is 48.5 Å². The largest absolute Gasteiger partial charge is 0.494 e. The number of nitrogens with zero attached hydrogens (tertiary/aromatic N) is 1. The first-order valence-corrected chi connectivity index (χ1v) is 13.0. The summed E-state index contributed by atoms with van der Waals surface area (Å²) in [6, 6.07) is 17.2. The van der Waals surface area contributed by atoms with Crippen LogP contribution in [0.4, 0.5) is 5.69 Å². The van der Waals surface area contributed by atoms with Gasteiger partial charge in [0.05, 0.1) is 36.8 Å². The summed E-state index contributed by atoms with van der Waals surface area (Å²) in [4.78, 5) is 29.3. The Hall–Kier alpha value is -3.78. The SMILES string of the molecule is CCOc1ccc(N2C(=O)c3oc4ccc(Br)cc4c(=O)c3C2c2ccc(OCC)c(OCC)c2)cc1. The first kappa shape index (κ1) is 24.9. The lowest BCUT2D eigenvalue weighted by atomic mass is 9.97. The van der Waals surface area contributed by atoms with Gasteiger partial charge >= 0.3 is 0 Å². The van der Waals surface area contributed by atoms with E-state index >= 15 is 0 Å². The number of carbonyl (C=O) groups excluding carboxylic acids is 1. The van der Waals surface area contributed by atoms with Gasteiger partial charge in [-0.3, -0.25) is 14.5 Å². The molecule has 2 heterocycles. The molecule has 0 fully saturated rings. The maximum atomic E-state index is 13.9. The fourth-order valence-corrected chi connectivity index (χ4v) is 5.00. The number of hydrogen-bond acceptors (Lipinski definition) is 6. The normalized spacial score (nSPS) is 14.6. The molecule has 1 amide bonds. The maximum Gasteiger partial charge on any atom is 0.295 e. The molecule has 0 spiro atoms. The Bertz CT molecular complexity index is 1530. The second-order valence-corrected chi connectivity index (χ2v) is 9.31. The molecule has 0 bridgehead atoms. The zero-order chi connectivity index (χ0) is 26.1. The zero-order valence-corrected chi connectivity index (χ0v) is 22.3. The molecule has 7 nitrogen and oxygen atoms in total. The summed E-state index contributed by atoms with van der Waals surface area (Å²) in [7, 11) is 0. The van der Waals surface area contributed by atoms with Crippen molar-refractivity contribution < 1.29 is 23.4 Å². The molecule has 190 valence electrons. The van der Waals surface area contributed by atoms with Gasteiger partial charge in [0.1, 0.15) is 11.3 Å². The van der Waals surface area contributed by atoms with Crippen molar-refractivity contribution in [3.05, 3.63) is 92.2 Å². The molecular weight excluding hydrogens is 538 g/mol. The number of anilines is 1. The van der Waals surface area contributed by atoms with E-state index in [1.165, 1.54) is 0 Å². The molecule has 1 aliphatic heterocycles. The first-order valence-electron chi connectivity index (χ1n) is 12.2. The van der Waals surface area contributed by atoms with Gasteiger partial charge in [0.15, 0.2) is 16.9 Å². The number of carbonyl (C=O) groups is 1. The van der Waals surface area contributed by atoms with E-state index in [0.29, 0.717) is 59.3 Å². The van der Waals surface area contributed by atoms with Gasteiger partial charge in [0, 0.05) is 10.2 Å². The number of rotatable bonds is 8. The van der Waals surface area contributed by atoms with Crippen molar-refractivity contribution in [1.82, 2.24) is 0 Å². The van der Waals surface area contributed by atoms with Gasteiger partial charge in [0.2, 0.25) is 5.76 Å². The van der Waals surface area contributed by atoms with E-state index in [0.717, 1.165) is 4.47 Å². The van der Waals surface area contributed by atoms with Crippen LogP contribution < -0.4 is 24.5 Å². The summed E-state index contributed by atoms with van der Waals surface area (Å²) >= 11 is 3.44. The summed E-state index contributed by atoms with van der Waals surface area (Å²) in [5.41, 5.74) is 1.71. The highest BCUT2D eigenvalue weighted by atomic mass is 79.9. The van der Waals surface area contributed by atoms with E-state index in [9.17, 15) is 9.59 Å². The second kappa shape index (κ2) is 10.3. The van der Waals surface area contributed by atoms with Crippen molar-refractivity contribution >= 4 is 38.5 Å². The topological polar surface area (TPSA) is 78.2 Å². The Kier molecular flexibility index (Phi) is 6.93. The third-order valence-electron chi connectivity index (χ3n) is 6.14. The number of ether oxygens (including phenoxy) is 3. The highest BCUT2D eigenvalue weighted by molar-refractivity contribution is 9.10. The van der Waals surface area contributed by atoms with Gasteiger partial charge in [-0.25, -0.2) is 0 Å². The predicted molar refractivity (Wildman–Crippen MR) is 145 cm³/mol. The smallest absolute Gasteiger partial charge is 0.295 e. The average Bonchev–Trinajstić information content (AvgIpc) is 3.19. The van der Waals surface area contributed by atoms with Crippen molar-refractivity contribution in [3.8, 4) is 17.2 Å². The molecule has 0 aliphatic carbocycles. The van der Waals surface area contributed by atoms with Gasteiger partial charge in [-0.2, -0.15) is 0 Å². The molecular formula is C29H26BrNO6. The van der Waals surface area contributed by atoms with Crippen LogP contribution in [0.2, 0.25) is 0 Å². The minimum atomic E-state index is -0.727. The van der Waals surface area contributed by atoms with Crippen LogP contribution in [0.5, 0.6) is 17.2 Å². The van der Waals surface area contributed by atoms with Crippen LogP contribution in [-0.2, 0) is 0 Å². The van der Waals surface area contributed by atoms with Gasteiger partial charge < -0.3 is 18.6 Å². The van der Waals surface area contributed by atoms with Gasteiger partial charge in [-0.1, -0.05) is 22.0 Å². The van der Waals surface area contributed by atoms with E-state index in [2.05, 4.69) is 15.9 Å². The summed E-state index contributed by atoms with van der Waals surface area (Å²) in [6.45, 7) is 7.15. The van der Waals surface area contributed by atoms with Crippen LogP contribution in [0.15, 0.2) is 74.3 Å². The molecule has 1 aliphatic rings. The van der Waals surface area contributed by atoms with Gasteiger partial charge in [0.25, 0.3) is 5.91 Å². The minimum absolute atomic E-state index is 0.0329. The van der Waals surface area contributed by atoms with Crippen molar-refractivity contribution in [2.24, 2.45) is 0 Å². The standard InChI is InChI=1S/C29H26BrNO6/c1-4-34-20-11-9-19(10-12-20)31-26(17-7-13-23(35-5-2)24(15-17)36-6-3)25-27(32)21-16-18(30)8-14-22(21)37-28(25)29(31)33/h7-16,26H,4-6H2,1-3H3. The highest BCUT2D eigenvalue weighted by Gasteiger charge is 2.44. The lowest BCUT2D eigenvalue weighted by Gasteiger charge is -2.26. The van der Waals surface area contributed by atoms with E-state index in [1.54, 1.807) is 47.4 Å². The highest BCUT2D eigenvalue weighted by Crippen LogP contribution is 2.43. The van der Waals surface area contributed by atoms with Gasteiger partial charge in [-0.05, 0) is 80.9 Å². The van der Waals surface area contributed by atoms with Crippen LogP contribution in [-0.4, -0.2) is 25.7 Å². The van der Waals surface area contributed by atoms with E-state index in [-0.39, 0.29) is 16.8 Å². The molecule has 4 aromatic rings. The number of amides is 1. The van der Waals surface area contributed by atoms with Crippen LogP contribution in [0.3, 0.4) is 0 Å². The number of halogens is 1. The Labute approximate surface area is 222 Å². The van der Waals surface area contributed by atoms with Crippen LogP contribution in [0.25, 0.3) is 11.0 Å². The van der Waals surface area contributed by atoms with E-state index in [4.69, 9.17) is 18.6 Å². The molecule has 0 saturated heterocycles. The monoisotopic (exact) mass is 563 g/mol. The molecule has 5 rings (SSSR count). The fraction of sp³-hybridized carbons (Fsp3) is 0.241. The third kappa shape index (κ3) is 4.46. The fourth-order valence-electron chi connectivity index (χ4n) is 4.63. The van der Waals surface area contributed by atoms with Crippen LogP contribution in [0, 0.1) is 0 Å². The van der Waals surface area contributed by atoms with E-state index < -0.39 is 11.9 Å². The van der Waals surface area contributed by atoms with E-state index in [1.807, 2.05) is 39.0 Å². The van der Waals surface area contributed by atoms with Crippen molar-refractivity contribution in [1.29, 1.82) is 0 Å². The molecule has 0 N–H and O–H groups in total. The molecule has 1 atom stereocenters. The Morgan fingerprint density at radius 2 is 1.54 bits per heavy atom. The molecule has 37 heavy (non-hydrogen) atoms. The second-order valence-electron chi connectivity index (χ2n) is 8.39. The summed E-state index contributed by atoms with van der Waals surface area (Å²) in [5.74, 6) is 1.47. The molecule has 1 aromatic heterocycles. The molecule has 8 heteroatoms. The summed E-state index contributed by atoms with van der Waals surface area (Å²) in [5, 5.41) is 0.399. The molecule has 0 radical (unpaired) electrons. The van der Waals surface area contributed by atoms with Crippen molar-refractivity contribution in [2.75, 3.05) is 24.7 Å². The third-order valence-corrected chi connectivity index (χ3v) is 6.63. The summed E-state index contributed by atoms with van der Waals surface area (Å²) < 4.78 is 24.0. The lowest BCUT2D eigenvalue weighted by Crippen LogP contribution is -2.29. The first-order chi connectivity index (χ1) is 18.0. The van der Waals surface area contributed by atoms with Crippen LogP contribution >= 0.6 is 15.9 Å². The Morgan fingerprint density at radius 3 is 2.24 bits per heavy atom. The maximum absolute atomic E-state index is 13.9. The molecule has 1 unspecified atom stereocenters. The number of fused-ring (bicyclic) bond motifs is 2.